The number of hydrogen-bond acceptors (Lipinski definition) is 6. The van der Waals surface area contributed by atoms with Crippen LogP contribution in [0, 0.1) is 12.7 Å². The third-order valence-electron chi connectivity index (χ3n) is 5.61. The maximum absolute atomic E-state index is 13.6. The monoisotopic (exact) mass is 420 g/mol. The molecule has 0 radical (unpaired) electrons. The summed E-state index contributed by atoms with van der Waals surface area (Å²) in [4.78, 5) is 16.6. The molecule has 0 bridgehead atoms. The Labute approximate surface area is 177 Å². The van der Waals surface area contributed by atoms with Crippen molar-refractivity contribution in [3.63, 3.8) is 0 Å². The molecule has 0 spiro atoms. The number of benzene rings is 1. The first-order chi connectivity index (χ1) is 14.9. The molecule has 10 heteroatoms. The molecule has 1 fully saturated rings. The van der Waals surface area contributed by atoms with Gasteiger partial charge < -0.3 is 9.80 Å². The van der Waals surface area contributed by atoms with Crippen molar-refractivity contribution < 1.29 is 9.18 Å². The quantitative estimate of drug-likeness (QED) is 0.502. The van der Waals surface area contributed by atoms with Crippen molar-refractivity contribution in [2.24, 2.45) is 7.05 Å². The van der Waals surface area contributed by atoms with Crippen LogP contribution in [0.3, 0.4) is 0 Å². The summed E-state index contributed by atoms with van der Waals surface area (Å²) in [5.74, 6) is 0.835. The number of halogens is 1. The molecule has 4 heterocycles. The number of hydrogen-bond donors (Lipinski definition) is 0. The normalized spacial score (nSPS) is 14.1. The van der Waals surface area contributed by atoms with Crippen molar-refractivity contribution in [2.75, 3.05) is 25.0 Å². The molecule has 5 rings (SSSR count). The highest BCUT2D eigenvalue weighted by atomic mass is 19.1. The number of rotatable bonds is 4. The van der Waals surface area contributed by atoms with Gasteiger partial charge in [-0.1, -0.05) is 12.1 Å². The number of carbonyl (C=O) groups excluding carboxylic acids is 1. The largest absolute Gasteiger partial charge is 0.351 e. The Morgan fingerprint density at radius 1 is 1.13 bits per heavy atom. The molecule has 1 aromatic carbocycles. The lowest BCUT2D eigenvalue weighted by Gasteiger charge is -2.44. The topological polar surface area (TPSA) is 84.5 Å². The molecule has 4 aromatic rings. The molecule has 1 aliphatic heterocycles. The van der Waals surface area contributed by atoms with Crippen LogP contribution in [0.5, 0.6) is 0 Å². The van der Waals surface area contributed by atoms with E-state index in [-0.39, 0.29) is 17.8 Å². The van der Waals surface area contributed by atoms with Crippen molar-refractivity contribution in [1.29, 1.82) is 0 Å². The van der Waals surface area contributed by atoms with Gasteiger partial charge in [0.05, 0.1) is 11.7 Å². The second kappa shape index (κ2) is 7.15. The summed E-state index contributed by atoms with van der Waals surface area (Å²) in [6, 6.07) is 11.8. The zero-order chi connectivity index (χ0) is 21.7. The third-order valence-corrected chi connectivity index (χ3v) is 5.61. The maximum atomic E-state index is 13.6. The zero-order valence-electron chi connectivity index (χ0n) is 17.4. The molecule has 31 heavy (non-hydrogen) atoms. The summed E-state index contributed by atoms with van der Waals surface area (Å²) < 4.78 is 16.9. The Morgan fingerprint density at radius 2 is 1.94 bits per heavy atom. The van der Waals surface area contributed by atoms with Crippen LogP contribution >= 0.6 is 0 Å². The van der Waals surface area contributed by atoms with Gasteiger partial charge in [-0.15, -0.1) is 15.3 Å². The first-order valence-electron chi connectivity index (χ1n) is 9.92. The minimum atomic E-state index is -0.340. The molecule has 0 unspecified atom stereocenters. The fraction of sp³-hybridized carbons (Fsp3) is 0.286. The smallest absolute Gasteiger partial charge is 0.272 e. The van der Waals surface area contributed by atoms with Crippen molar-refractivity contribution in [2.45, 2.75) is 13.0 Å². The third kappa shape index (κ3) is 3.29. The van der Waals surface area contributed by atoms with E-state index in [2.05, 4.69) is 25.3 Å². The van der Waals surface area contributed by atoms with Gasteiger partial charge in [-0.25, -0.2) is 4.39 Å². The predicted octanol–water partition coefficient (Wildman–Crippen LogP) is 1.93. The maximum Gasteiger partial charge on any atom is 0.272 e. The highest BCUT2D eigenvalue weighted by molar-refractivity contribution is 5.93. The van der Waals surface area contributed by atoms with Crippen molar-refractivity contribution in [3.05, 3.63) is 59.7 Å². The summed E-state index contributed by atoms with van der Waals surface area (Å²) in [7, 11) is 3.58. The summed E-state index contributed by atoms with van der Waals surface area (Å²) >= 11 is 0. The van der Waals surface area contributed by atoms with Crippen molar-refractivity contribution in [3.8, 4) is 11.4 Å². The number of amides is 1. The second-order valence-electron chi connectivity index (χ2n) is 7.76. The Morgan fingerprint density at radius 3 is 2.65 bits per heavy atom. The van der Waals surface area contributed by atoms with Gasteiger partial charge in [-0.3, -0.25) is 9.48 Å². The standard InChI is InChI=1S/C21H21FN8O/c1-13-9-17(28(3)25-13)21(31)27(2)16-11-29(12-16)19-8-7-18-23-24-20(30(18)26-19)14-5-4-6-15(22)10-14/h4-10,16H,11-12H2,1-3H3. The van der Waals surface area contributed by atoms with E-state index >= 15 is 0 Å². The molecule has 1 saturated heterocycles. The molecule has 158 valence electrons. The molecule has 1 amide bonds. The van der Waals surface area contributed by atoms with Crippen LogP contribution in [-0.2, 0) is 7.05 Å². The van der Waals surface area contributed by atoms with E-state index in [1.807, 2.05) is 26.1 Å². The Balaban J connectivity index is 1.34. The molecule has 0 N–H and O–H groups in total. The van der Waals surface area contributed by atoms with Gasteiger partial charge in [-0.05, 0) is 37.3 Å². The highest BCUT2D eigenvalue weighted by Gasteiger charge is 2.34. The Hall–Kier alpha value is -3.82. The lowest BCUT2D eigenvalue weighted by molar-refractivity contribution is 0.0694. The van der Waals surface area contributed by atoms with E-state index in [1.165, 1.54) is 12.1 Å². The van der Waals surface area contributed by atoms with E-state index < -0.39 is 0 Å². The average molecular weight is 420 g/mol. The minimum Gasteiger partial charge on any atom is -0.351 e. The van der Waals surface area contributed by atoms with Crippen LogP contribution in [-0.4, -0.2) is 66.6 Å². The van der Waals surface area contributed by atoms with E-state index in [0.717, 1.165) is 11.5 Å². The van der Waals surface area contributed by atoms with Crippen molar-refractivity contribution in [1.82, 2.24) is 34.5 Å². The fourth-order valence-corrected chi connectivity index (χ4v) is 3.80. The number of likely N-dealkylation sites (N-methyl/N-ethyl adjacent to an activating group) is 1. The minimum absolute atomic E-state index is 0.0524. The first kappa shape index (κ1) is 19.2. The van der Waals surface area contributed by atoms with Gasteiger partial charge in [0.1, 0.15) is 17.3 Å². The first-order valence-corrected chi connectivity index (χ1v) is 9.92. The number of fused-ring (bicyclic) bond motifs is 1. The average Bonchev–Trinajstić information content (AvgIpc) is 3.28. The van der Waals surface area contributed by atoms with E-state index in [9.17, 15) is 9.18 Å². The van der Waals surface area contributed by atoms with Gasteiger partial charge in [0, 0.05) is 32.7 Å². The van der Waals surface area contributed by atoms with Crippen LogP contribution in [0.1, 0.15) is 16.2 Å². The number of aromatic nitrogens is 6. The predicted molar refractivity (Wildman–Crippen MR) is 112 cm³/mol. The van der Waals surface area contributed by atoms with Crippen LogP contribution in [0.4, 0.5) is 10.2 Å². The summed E-state index contributed by atoms with van der Waals surface area (Å²) in [6.07, 6.45) is 0. The van der Waals surface area contributed by atoms with Gasteiger partial charge in [0.15, 0.2) is 11.5 Å². The SMILES string of the molecule is Cc1cc(C(=O)N(C)C2CN(c3ccc4nnc(-c5cccc(F)c5)n4n3)C2)n(C)n1. The molecule has 9 nitrogen and oxygen atoms in total. The van der Waals surface area contributed by atoms with Crippen LogP contribution < -0.4 is 4.90 Å². The molecular formula is C21H21FN8O. The summed E-state index contributed by atoms with van der Waals surface area (Å²) in [5, 5.41) is 17.2. The van der Waals surface area contributed by atoms with E-state index in [0.29, 0.717) is 35.8 Å². The van der Waals surface area contributed by atoms with E-state index in [4.69, 9.17) is 0 Å². The number of nitrogens with zero attached hydrogens (tertiary/aromatic N) is 8. The Kier molecular flexibility index (Phi) is 4.42. The van der Waals surface area contributed by atoms with E-state index in [1.54, 1.807) is 39.3 Å². The van der Waals surface area contributed by atoms with Crippen LogP contribution in [0.15, 0.2) is 42.5 Å². The van der Waals surface area contributed by atoms with Gasteiger partial charge >= 0.3 is 0 Å². The Bertz CT molecular complexity index is 1290. The van der Waals surface area contributed by atoms with Gasteiger partial charge in [0.25, 0.3) is 5.91 Å². The fourth-order valence-electron chi connectivity index (χ4n) is 3.80. The van der Waals surface area contributed by atoms with Crippen LogP contribution in [0.25, 0.3) is 17.0 Å². The van der Waals surface area contributed by atoms with Gasteiger partial charge in [-0.2, -0.15) is 9.61 Å². The zero-order valence-corrected chi connectivity index (χ0v) is 17.4. The number of anilines is 1. The summed E-state index contributed by atoms with van der Waals surface area (Å²) in [6.45, 7) is 3.19. The van der Waals surface area contributed by atoms with Crippen molar-refractivity contribution >= 4 is 17.4 Å². The molecule has 0 saturated carbocycles. The molecule has 0 atom stereocenters. The summed E-state index contributed by atoms with van der Waals surface area (Å²) in [5.41, 5.74) is 2.58. The van der Waals surface area contributed by atoms with Crippen LogP contribution in [0.2, 0.25) is 0 Å². The molecule has 1 aliphatic rings. The lowest BCUT2D eigenvalue weighted by atomic mass is 10.1. The lowest BCUT2D eigenvalue weighted by Crippen LogP contribution is -2.60. The molecular weight excluding hydrogens is 399 g/mol. The number of aryl methyl sites for hydroxylation is 2. The highest BCUT2D eigenvalue weighted by Crippen LogP contribution is 2.25. The number of carbonyl (C=O) groups is 1. The van der Waals surface area contributed by atoms with Gasteiger partial charge in [0.2, 0.25) is 0 Å². The molecule has 3 aromatic heterocycles. The molecule has 0 aliphatic carbocycles. The second-order valence-corrected chi connectivity index (χ2v) is 7.76.